The molecule has 0 spiro atoms. The van der Waals surface area contributed by atoms with Crippen molar-refractivity contribution in [3.8, 4) is 5.75 Å². The van der Waals surface area contributed by atoms with E-state index < -0.39 is 6.10 Å². The fourth-order valence-corrected chi connectivity index (χ4v) is 2.35. The second-order valence-electron chi connectivity index (χ2n) is 5.56. The lowest BCUT2D eigenvalue weighted by molar-refractivity contribution is 0.0549. The Hall–Kier alpha value is -1.14. The van der Waals surface area contributed by atoms with Crippen LogP contribution in [-0.2, 0) is 0 Å². The van der Waals surface area contributed by atoms with Gasteiger partial charge in [0, 0.05) is 19.6 Å². The Morgan fingerprint density at radius 2 is 1.77 bits per heavy atom. The van der Waals surface area contributed by atoms with E-state index in [-0.39, 0.29) is 19.8 Å². The number of rotatable bonds is 11. The number of hydrogen-bond acceptors (Lipinski definition) is 5. The minimum atomic E-state index is -0.664. The maximum Gasteiger partial charge on any atom is 0.122 e. The molecule has 0 saturated carbocycles. The normalized spacial score (nSPS) is 14.1. The number of hydrogen-bond donors (Lipinski definition) is 3. The van der Waals surface area contributed by atoms with Crippen LogP contribution < -0.4 is 4.74 Å². The van der Waals surface area contributed by atoms with Crippen LogP contribution in [0.25, 0.3) is 0 Å². The number of para-hydroxylation sites is 1. The summed E-state index contributed by atoms with van der Waals surface area (Å²) in [6, 6.07) is 7.90. The zero-order valence-corrected chi connectivity index (χ0v) is 13.6. The lowest BCUT2D eigenvalue weighted by atomic mass is 9.98. The fourth-order valence-electron chi connectivity index (χ4n) is 2.35. The van der Waals surface area contributed by atoms with Crippen molar-refractivity contribution in [3.05, 3.63) is 29.8 Å². The maximum atomic E-state index is 10.1. The van der Waals surface area contributed by atoms with E-state index >= 15 is 0 Å². The van der Waals surface area contributed by atoms with Gasteiger partial charge < -0.3 is 20.1 Å². The summed E-state index contributed by atoms with van der Waals surface area (Å²) in [5, 5.41) is 28.0. The quantitative estimate of drug-likeness (QED) is 0.573. The van der Waals surface area contributed by atoms with E-state index in [0.717, 1.165) is 17.7 Å². The predicted molar refractivity (Wildman–Crippen MR) is 87.3 cm³/mol. The highest BCUT2D eigenvalue weighted by Gasteiger charge is 2.14. The Labute approximate surface area is 133 Å². The molecular weight excluding hydrogens is 282 g/mol. The zero-order chi connectivity index (χ0) is 16.4. The third-order valence-corrected chi connectivity index (χ3v) is 3.79. The minimum Gasteiger partial charge on any atom is -0.491 e. The van der Waals surface area contributed by atoms with Gasteiger partial charge in [-0.2, -0.15) is 0 Å². The smallest absolute Gasteiger partial charge is 0.122 e. The summed E-state index contributed by atoms with van der Waals surface area (Å²) in [5.41, 5.74) is 1.15. The van der Waals surface area contributed by atoms with E-state index in [1.54, 1.807) is 0 Å². The molecule has 0 saturated heterocycles. The van der Waals surface area contributed by atoms with Gasteiger partial charge in [0.1, 0.15) is 18.5 Å². The molecule has 3 N–H and O–H groups in total. The molecule has 0 aromatic heterocycles. The number of ether oxygens (including phenoxy) is 1. The maximum absolute atomic E-state index is 10.1. The molecule has 126 valence electrons. The number of nitrogens with zero attached hydrogens (tertiary/aromatic N) is 1. The summed E-state index contributed by atoms with van der Waals surface area (Å²) < 4.78 is 5.78. The zero-order valence-electron chi connectivity index (χ0n) is 13.6. The molecule has 1 rings (SSSR count). The van der Waals surface area contributed by atoms with Crippen molar-refractivity contribution in [1.82, 2.24) is 4.90 Å². The van der Waals surface area contributed by atoms with Gasteiger partial charge in [0.15, 0.2) is 0 Å². The highest BCUT2D eigenvalue weighted by molar-refractivity contribution is 5.35. The fraction of sp³-hybridized carbons (Fsp3) is 0.647. The van der Waals surface area contributed by atoms with Crippen molar-refractivity contribution in [2.24, 2.45) is 0 Å². The molecule has 0 heterocycles. The summed E-state index contributed by atoms with van der Waals surface area (Å²) in [6.45, 7) is 5.73. The summed E-state index contributed by atoms with van der Waals surface area (Å²) in [4.78, 5) is 1.81. The van der Waals surface area contributed by atoms with E-state index in [1.165, 1.54) is 0 Å². The van der Waals surface area contributed by atoms with Crippen molar-refractivity contribution >= 4 is 0 Å². The first-order valence-electron chi connectivity index (χ1n) is 7.96. The SMILES string of the molecule is CCC(C)c1ccccc1OCC(O)CN(CCO)CCO. The highest BCUT2D eigenvalue weighted by atomic mass is 16.5. The molecule has 5 nitrogen and oxygen atoms in total. The van der Waals surface area contributed by atoms with E-state index in [0.29, 0.717) is 25.6 Å². The second-order valence-corrected chi connectivity index (χ2v) is 5.56. The van der Waals surface area contributed by atoms with Crippen LogP contribution in [0.5, 0.6) is 5.75 Å². The van der Waals surface area contributed by atoms with Crippen molar-refractivity contribution < 1.29 is 20.1 Å². The largest absolute Gasteiger partial charge is 0.491 e. The third-order valence-electron chi connectivity index (χ3n) is 3.79. The van der Waals surface area contributed by atoms with Crippen molar-refractivity contribution in [1.29, 1.82) is 0 Å². The standard InChI is InChI=1S/C17H29NO4/c1-3-14(2)16-6-4-5-7-17(16)22-13-15(21)12-18(8-10-19)9-11-20/h4-7,14-15,19-21H,3,8-13H2,1-2H3. The second kappa shape index (κ2) is 10.6. The molecule has 0 radical (unpaired) electrons. The summed E-state index contributed by atoms with van der Waals surface area (Å²) in [5.74, 6) is 1.22. The number of aliphatic hydroxyl groups excluding tert-OH is 3. The van der Waals surface area contributed by atoms with Crippen LogP contribution in [-0.4, -0.2) is 65.8 Å². The van der Waals surface area contributed by atoms with Crippen LogP contribution >= 0.6 is 0 Å². The summed E-state index contributed by atoms with van der Waals surface area (Å²) in [7, 11) is 0. The predicted octanol–water partition coefficient (Wildman–Crippen LogP) is 1.23. The van der Waals surface area contributed by atoms with Crippen LogP contribution in [0, 0.1) is 0 Å². The first-order chi connectivity index (χ1) is 10.6. The molecule has 1 aromatic carbocycles. The van der Waals surface area contributed by atoms with Gasteiger partial charge in [-0.1, -0.05) is 32.0 Å². The van der Waals surface area contributed by atoms with Crippen LogP contribution in [0.3, 0.4) is 0 Å². The highest BCUT2D eigenvalue weighted by Crippen LogP contribution is 2.28. The molecule has 0 bridgehead atoms. The van der Waals surface area contributed by atoms with Gasteiger partial charge in [-0.25, -0.2) is 0 Å². The third kappa shape index (κ3) is 6.32. The Kier molecular flexibility index (Phi) is 9.08. The lowest BCUT2D eigenvalue weighted by Gasteiger charge is -2.24. The van der Waals surface area contributed by atoms with Gasteiger partial charge in [0.2, 0.25) is 0 Å². The topological polar surface area (TPSA) is 73.2 Å². The Morgan fingerprint density at radius 3 is 2.36 bits per heavy atom. The first kappa shape index (κ1) is 18.9. The molecule has 0 aliphatic rings. The summed E-state index contributed by atoms with van der Waals surface area (Å²) in [6.07, 6.45) is 0.368. The minimum absolute atomic E-state index is 0.00439. The Bertz CT molecular complexity index is 407. The molecule has 2 atom stereocenters. The Balaban J connectivity index is 2.54. The molecule has 22 heavy (non-hydrogen) atoms. The van der Waals surface area contributed by atoms with Gasteiger partial charge in [-0.15, -0.1) is 0 Å². The van der Waals surface area contributed by atoms with Crippen molar-refractivity contribution in [3.63, 3.8) is 0 Å². The molecule has 0 aliphatic carbocycles. The first-order valence-corrected chi connectivity index (χ1v) is 7.96. The lowest BCUT2D eigenvalue weighted by Crippen LogP contribution is -2.38. The number of benzene rings is 1. The van der Waals surface area contributed by atoms with Gasteiger partial charge in [-0.3, -0.25) is 4.90 Å². The molecule has 0 aliphatic heterocycles. The van der Waals surface area contributed by atoms with Crippen molar-refractivity contribution in [2.75, 3.05) is 39.5 Å². The van der Waals surface area contributed by atoms with E-state index in [1.807, 2.05) is 23.1 Å². The molecule has 2 unspecified atom stereocenters. The van der Waals surface area contributed by atoms with Crippen LogP contribution in [0.2, 0.25) is 0 Å². The van der Waals surface area contributed by atoms with Gasteiger partial charge in [0.25, 0.3) is 0 Å². The van der Waals surface area contributed by atoms with Gasteiger partial charge in [-0.05, 0) is 24.0 Å². The van der Waals surface area contributed by atoms with E-state index in [4.69, 9.17) is 14.9 Å². The summed E-state index contributed by atoms with van der Waals surface area (Å²) >= 11 is 0. The van der Waals surface area contributed by atoms with Crippen LogP contribution in [0.15, 0.2) is 24.3 Å². The van der Waals surface area contributed by atoms with E-state index in [2.05, 4.69) is 19.9 Å². The molecule has 1 aromatic rings. The van der Waals surface area contributed by atoms with Gasteiger partial charge >= 0.3 is 0 Å². The monoisotopic (exact) mass is 311 g/mol. The van der Waals surface area contributed by atoms with Crippen molar-refractivity contribution in [2.45, 2.75) is 32.3 Å². The van der Waals surface area contributed by atoms with Crippen LogP contribution in [0.4, 0.5) is 0 Å². The van der Waals surface area contributed by atoms with Crippen LogP contribution in [0.1, 0.15) is 31.7 Å². The average molecular weight is 311 g/mol. The average Bonchev–Trinajstić information content (AvgIpc) is 2.53. The Morgan fingerprint density at radius 1 is 1.14 bits per heavy atom. The molecular formula is C17H29NO4. The number of aliphatic hydroxyl groups is 3. The van der Waals surface area contributed by atoms with E-state index in [9.17, 15) is 5.11 Å². The molecule has 5 heteroatoms. The van der Waals surface area contributed by atoms with Gasteiger partial charge in [0.05, 0.1) is 13.2 Å². The molecule has 0 amide bonds. The molecule has 0 fully saturated rings.